The van der Waals surface area contributed by atoms with Crippen molar-refractivity contribution in [3.63, 3.8) is 0 Å². The summed E-state index contributed by atoms with van der Waals surface area (Å²) in [5.74, 6) is 0. The molecule has 1 saturated heterocycles. The third kappa shape index (κ3) is 16.8. The predicted octanol–water partition coefficient (Wildman–Crippen LogP) is 1.06. The molecule has 0 aromatic heterocycles. The molecule has 8 heavy (non-hydrogen) atoms. The van der Waals surface area contributed by atoms with Crippen molar-refractivity contribution in [2.45, 2.75) is 13.8 Å². The Morgan fingerprint density at radius 1 is 1.25 bits per heavy atom. The van der Waals surface area contributed by atoms with E-state index in [0.717, 1.165) is 26.4 Å². The SMILES string of the molecule is C1CO1.CCOCC. The van der Waals surface area contributed by atoms with Gasteiger partial charge in [-0.2, -0.15) is 0 Å². The van der Waals surface area contributed by atoms with Crippen LogP contribution in [0.3, 0.4) is 0 Å². The van der Waals surface area contributed by atoms with Crippen LogP contribution in [0.4, 0.5) is 0 Å². The van der Waals surface area contributed by atoms with Gasteiger partial charge in [-0.15, -0.1) is 0 Å². The lowest BCUT2D eigenvalue weighted by Crippen LogP contribution is -1.84. The molecule has 50 valence electrons. The van der Waals surface area contributed by atoms with E-state index in [9.17, 15) is 0 Å². The van der Waals surface area contributed by atoms with Crippen molar-refractivity contribution in [3.05, 3.63) is 0 Å². The van der Waals surface area contributed by atoms with E-state index in [1.807, 2.05) is 13.8 Å². The molecule has 2 heteroatoms. The van der Waals surface area contributed by atoms with Crippen molar-refractivity contribution in [1.82, 2.24) is 0 Å². The van der Waals surface area contributed by atoms with Gasteiger partial charge in [-0.25, -0.2) is 0 Å². The summed E-state index contributed by atoms with van der Waals surface area (Å²) in [5.41, 5.74) is 0. The van der Waals surface area contributed by atoms with Crippen LogP contribution < -0.4 is 0 Å². The summed E-state index contributed by atoms with van der Waals surface area (Å²) < 4.78 is 9.33. The normalized spacial score (nSPS) is 14.2. The first-order chi connectivity index (χ1) is 3.91. The molecule has 2 nitrogen and oxygen atoms in total. The number of ether oxygens (including phenoxy) is 2. The summed E-state index contributed by atoms with van der Waals surface area (Å²) in [6, 6.07) is 0. The first-order valence-corrected chi connectivity index (χ1v) is 3.07. The predicted molar refractivity (Wildman–Crippen MR) is 33.0 cm³/mol. The fourth-order valence-corrected chi connectivity index (χ4v) is 0.204. The Bertz CT molecular complexity index is 30.8. The van der Waals surface area contributed by atoms with Gasteiger partial charge < -0.3 is 9.47 Å². The maximum absolute atomic E-state index is 4.83. The van der Waals surface area contributed by atoms with Gasteiger partial charge in [0, 0.05) is 13.2 Å². The highest BCUT2D eigenvalue weighted by Crippen LogP contribution is 1.84. The van der Waals surface area contributed by atoms with Gasteiger partial charge in [0.2, 0.25) is 0 Å². The van der Waals surface area contributed by atoms with E-state index >= 15 is 0 Å². The number of epoxide rings is 1. The summed E-state index contributed by atoms with van der Waals surface area (Å²) in [7, 11) is 0. The highest BCUT2D eigenvalue weighted by molar-refractivity contribution is 4.36. The first-order valence-electron chi connectivity index (χ1n) is 3.07. The fourth-order valence-electron chi connectivity index (χ4n) is 0.204. The van der Waals surface area contributed by atoms with Crippen molar-refractivity contribution in [2.75, 3.05) is 26.4 Å². The number of hydrogen-bond donors (Lipinski definition) is 0. The minimum absolute atomic E-state index is 0.844. The van der Waals surface area contributed by atoms with Gasteiger partial charge in [0.15, 0.2) is 0 Å². The minimum atomic E-state index is 0.844. The van der Waals surface area contributed by atoms with Crippen LogP contribution in [0.2, 0.25) is 0 Å². The third-order valence-electron chi connectivity index (χ3n) is 0.612. The molecule has 0 atom stereocenters. The van der Waals surface area contributed by atoms with Crippen molar-refractivity contribution < 1.29 is 9.47 Å². The van der Waals surface area contributed by atoms with Gasteiger partial charge in [-0.1, -0.05) is 0 Å². The van der Waals surface area contributed by atoms with Gasteiger partial charge in [0.05, 0.1) is 13.2 Å². The van der Waals surface area contributed by atoms with Gasteiger partial charge in [-0.3, -0.25) is 0 Å². The molecular weight excluding hydrogens is 104 g/mol. The van der Waals surface area contributed by atoms with E-state index in [-0.39, 0.29) is 0 Å². The first kappa shape index (κ1) is 7.92. The average Bonchev–Trinajstić information content (AvgIpc) is 2.50. The van der Waals surface area contributed by atoms with Crippen LogP contribution in [-0.2, 0) is 9.47 Å². The summed E-state index contributed by atoms with van der Waals surface area (Å²) in [5, 5.41) is 0. The molecule has 0 N–H and O–H groups in total. The molecule has 0 unspecified atom stereocenters. The molecule has 0 bridgehead atoms. The molecule has 0 aliphatic carbocycles. The molecule has 1 rings (SSSR count). The Kier molecular flexibility index (Phi) is 6.85. The second-order valence-electron chi connectivity index (χ2n) is 1.39. The summed E-state index contributed by atoms with van der Waals surface area (Å²) in [4.78, 5) is 0. The van der Waals surface area contributed by atoms with Crippen molar-refractivity contribution in [2.24, 2.45) is 0 Å². The second kappa shape index (κ2) is 6.92. The Morgan fingerprint density at radius 2 is 1.62 bits per heavy atom. The largest absolute Gasteiger partial charge is 0.382 e. The Hall–Kier alpha value is -0.0800. The third-order valence-corrected chi connectivity index (χ3v) is 0.612. The molecule has 1 heterocycles. The molecular formula is C6H14O2. The van der Waals surface area contributed by atoms with Crippen LogP contribution in [0.15, 0.2) is 0 Å². The van der Waals surface area contributed by atoms with Crippen LogP contribution in [0, 0.1) is 0 Å². The van der Waals surface area contributed by atoms with E-state index in [2.05, 4.69) is 4.74 Å². The van der Waals surface area contributed by atoms with Crippen molar-refractivity contribution in [1.29, 1.82) is 0 Å². The lowest BCUT2D eigenvalue weighted by molar-refractivity contribution is 0.162. The quantitative estimate of drug-likeness (QED) is 0.506. The minimum Gasteiger partial charge on any atom is -0.382 e. The molecule has 0 amide bonds. The highest BCUT2D eigenvalue weighted by atomic mass is 16.6. The van der Waals surface area contributed by atoms with Crippen LogP contribution in [-0.4, -0.2) is 26.4 Å². The lowest BCUT2D eigenvalue weighted by Gasteiger charge is -1.86. The van der Waals surface area contributed by atoms with Crippen LogP contribution in [0.1, 0.15) is 13.8 Å². The van der Waals surface area contributed by atoms with Gasteiger partial charge in [0.1, 0.15) is 0 Å². The van der Waals surface area contributed by atoms with Crippen molar-refractivity contribution in [3.8, 4) is 0 Å². The maximum atomic E-state index is 4.83. The van der Waals surface area contributed by atoms with Gasteiger partial charge in [0.25, 0.3) is 0 Å². The van der Waals surface area contributed by atoms with Gasteiger partial charge >= 0.3 is 0 Å². The average molecular weight is 118 g/mol. The maximum Gasteiger partial charge on any atom is 0.0701 e. The monoisotopic (exact) mass is 118 g/mol. The van der Waals surface area contributed by atoms with Crippen LogP contribution in [0.25, 0.3) is 0 Å². The van der Waals surface area contributed by atoms with E-state index < -0.39 is 0 Å². The molecule has 0 saturated carbocycles. The van der Waals surface area contributed by atoms with E-state index in [4.69, 9.17) is 4.74 Å². The van der Waals surface area contributed by atoms with E-state index in [0.29, 0.717) is 0 Å². The standard InChI is InChI=1S/C4H10O.C2H4O/c1-3-5-4-2;1-2-3-1/h3-4H2,1-2H3;1-2H2. The molecule has 0 spiro atoms. The Morgan fingerprint density at radius 3 is 1.62 bits per heavy atom. The molecule has 1 fully saturated rings. The summed E-state index contributed by atoms with van der Waals surface area (Å²) >= 11 is 0. The molecule has 0 radical (unpaired) electrons. The molecule has 0 aromatic rings. The molecule has 1 aliphatic heterocycles. The Balaban J connectivity index is 0.000000135. The zero-order valence-corrected chi connectivity index (χ0v) is 5.64. The topological polar surface area (TPSA) is 21.8 Å². The zero-order chi connectivity index (χ0) is 6.24. The van der Waals surface area contributed by atoms with E-state index in [1.165, 1.54) is 0 Å². The van der Waals surface area contributed by atoms with Crippen LogP contribution in [0.5, 0.6) is 0 Å². The van der Waals surface area contributed by atoms with Crippen LogP contribution >= 0.6 is 0 Å². The smallest absolute Gasteiger partial charge is 0.0701 e. The summed E-state index contributed by atoms with van der Waals surface area (Å²) in [6.45, 7) is 7.67. The second-order valence-corrected chi connectivity index (χ2v) is 1.39. The Labute approximate surface area is 50.8 Å². The lowest BCUT2D eigenvalue weighted by atomic mass is 10.8. The number of hydrogen-bond acceptors (Lipinski definition) is 2. The zero-order valence-electron chi connectivity index (χ0n) is 5.64. The van der Waals surface area contributed by atoms with E-state index in [1.54, 1.807) is 0 Å². The number of rotatable bonds is 2. The van der Waals surface area contributed by atoms with Crippen molar-refractivity contribution >= 4 is 0 Å². The summed E-state index contributed by atoms with van der Waals surface area (Å²) in [6.07, 6.45) is 0. The van der Waals surface area contributed by atoms with Gasteiger partial charge in [-0.05, 0) is 13.8 Å². The fraction of sp³-hybridized carbons (Fsp3) is 1.00. The highest BCUT2D eigenvalue weighted by Gasteiger charge is 1.94. The molecule has 0 aromatic carbocycles. The molecule has 1 aliphatic rings.